The van der Waals surface area contributed by atoms with Crippen LogP contribution < -0.4 is 20.7 Å². The van der Waals surface area contributed by atoms with E-state index in [0.717, 1.165) is 23.5 Å². The van der Waals surface area contributed by atoms with Gasteiger partial charge in [0.25, 0.3) is 12.0 Å². The highest BCUT2D eigenvalue weighted by molar-refractivity contribution is 8.15. The van der Waals surface area contributed by atoms with Crippen molar-refractivity contribution in [1.29, 1.82) is 0 Å². The quantitative estimate of drug-likeness (QED) is 0.130. The molecule has 9 rings (SSSR count). The molecule has 0 unspecified atom stereocenters. The predicted molar refractivity (Wildman–Crippen MR) is 285 cm³/mol. The number of allylic oxidation sites excluding steroid dienone is 1. The molecule has 0 spiro atoms. The highest BCUT2D eigenvalue weighted by atomic mass is 32.2. The number of nitrogens with zero attached hydrogens (tertiary/aromatic N) is 3. The molecule has 5 aromatic rings. The number of rotatable bonds is 9. The lowest BCUT2D eigenvalue weighted by Gasteiger charge is -2.20. The third kappa shape index (κ3) is 14.5. The Kier molecular flexibility index (Phi) is 20.2. The molecular weight excluding hydrogens is 955 g/mol. The van der Waals surface area contributed by atoms with Crippen molar-refractivity contribution in [2.75, 3.05) is 19.8 Å². The van der Waals surface area contributed by atoms with E-state index in [2.05, 4.69) is 20.9 Å². The lowest BCUT2D eigenvalue weighted by molar-refractivity contribution is -0.121. The van der Waals surface area contributed by atoms with E-state index in [-0.39, 0.29) is 78.7 Å². The van der Waals surface area contributed by atoms with E-state index < -0.39 is 22.1 Å². The normalized spacial score (nSPS) is 16.8. The number of amides is 2. The fourth-order valence-electron chi connectivity index (χ4n) is 8.25. The third-order valence-corrected chi connectivity index (χ3v) is 14.2. The van der Waals surface area contributed by atoms with E-state index >= 15 is 8.78 Å². The highest BCUT2D eigenvalue weighted by Crippen LogP contribution is 2.34. The molecule has 0 aliphatic carbocycles. The minimum absolute atomic E-state index is 0.0226. The summed E-state index contributed by atoms with van der Waals surface area (Å²) in [4.78, 5) is 65.7. The Morgan fingerprint density at radius 1 is 0.681 bits per heavy atom. The molecule has 1 aromatic heterocycles. The first-order chi connectivity index (χ1) is 34.6. The van der Waals surface area contributed by atoms with Crippen LogP contribution in [0, 0.1) is 23.5 Å². The minimum atomic E-state index is -0.777. The average molecular weight is 1020 g/mol. The number of imidazole rings is 1. The van der Waals surface area contributed by atoms with Crippen LogP contribution in [-0.2, 0) is 40.4 Å². The van der Waals surface area contributed by atoms with Crippen molar-refractivity contribution >= 4 is 51.6 Å². The Bertz CT molecular complexity index is 2790. The van der Waals surface area contributed by atoms with E-state index in [1.54, 1.807) is 83.4 Å². The lowest BCUT2D eigenvalue weighted by atomic mass is 9.99. The number of benzene rings is 4. The summed E-state index contributed by atoms with van der Waals surface area (Å²) in [5.41, 5.74) is 5.29. The van der Waals surface area contributed by atoms with Crippen LogP contribution in [0.1, 0.15) is 118 Å². The number of hydrogen-bond donors (Lipinski definition) is 3. The van der Waals surface area contributed by atoms with Crippen molar-refractivity contribution in [2.45, 2.75) is 111 Å². The maximum Gasteiger partial charge on any atom is 0.297 e. The number of nitrogens with one attached hydrogen (secondary N) is 3. The Hall–Kier alpha value is -6.26. The van der Waals surface area contributed by atoms with Gasteiger partial charge in [0.15, 0.2) is 0 Å². The van der Waals surface area contributed by atoms with E-state index in [0.29, 0.717) is 93.9 Å². The Balaban J connectivity index is 1.40. The summed E-state index contributed by atoms with van der Waals surface area (Å²) in [5.74, 6) is -1.56. The lowest BCUT2D eigenvalue weighted by Crippen LogP contribution is -2.35. The highest BCUT2D eigenvalue weighted by Gasteiger charge is 2.29. The summed E-state index contributed by atoms with van der Waals surface area (Å²) < 4.78 is 46.0. The molecule has 12 nitrogen and oxygen atoms in total. The predicted octanol–water partition coefficient (Wildman–Crippen LogP) is 11.3. The fourth-order valence-corrected chi connectivity index (χ4v) is 10.7. The summed E-state index contributed by atoms with van der Waals surface area (Å²) in [6.07, 6.45) is 3.66. The van der Waals surface area contributed by atoms with Gasteiger partial charge in [0, 0.05) is 34.5 Å². The van der Waals surface area contributed by atoms with Crippen molar-refractivity contribution < 1.29 is 37.4 Å². The molecule has 0 saturated heterocycles. The van der Waals surface area contributed by atoms with Crippen molar-refractivity contribution in [3.05, 3.63) is 142 Å². The standard InChI is InChI=1S/C56H66F2N6O6S2/c1-9-40-25-26-59-51(65)49(27-34(5)6)71-53(67)44-20-16-14-18-42(44)37-22-24-39(46(58)30-37)33-64-48(47(10-2)63-56(64)70-12-4)32-60-52(66)50(28-35(7)8)72-54(68)43-19-15-13-17-41(43)36-21-23-38(45(57)29-36)31-61-55(62-40)69-11-3/h13-25,29-30,34-35,49-50H,9-12,26-28,31-33H2,1-8H3,(H,59,65)(H,60,66)(H,61,62)/t49-,50-/m0/s1. The molecule has 0 fully saturated rings. The van der Waals surface area contributed by atoms with Gasteiger partial charge in [-0.1, -0.05) is 126 Å². The first-order valence-corrected chi connectivity index (χ1v) is 26.5. The SMILES string of the molecule is CCOC1=NCc2ccc(cc2F)-c2ccccc2C(=O)S[C@@H](CC(C)C)C(=O)NCc2c(CC)nc(OCC)n2Cc2ccc(cc2F)-c2ccccc2C(=O)S[C@@H](CC(C)C)C(=O)NCC=C(CC)N1. The van der Waals surface area contributed by atoms with E-state index in [1.165, 1.54) is 12.1 Å². The van der Waals surface area contributed by atoms with Gasteiger partial charge in [-0.15, -0.1) is 0 Å². The second kappa shape index (κ2) is 26.4. The van der Waals surface area contributed by atoms with Crippen LogP contribution in [0.2, 0.25) is 0 Å². The molecule has 382 valence electrons. The largest absolute Gasteiger partial charge is 0.465 e. The second-order valence-corrected chi connectivity index (χ2v) is 20.5. The van der Waals surface area contributed by atoms with E-state index in [4.69, 9.17) is 14.5 Å². The van der Waals surface area contributed by atoms with Crippen LogP contribution in [-0.4, -0.2) is 67.9 Å². The number of thioether (sulfide) groups is 2. The molecular formula is C56H66F2N6O6S2. The van der Waals surface area contributed by atoms with Gasteiger partial charge >= 0.3 is 0 Å². The number of aromatic nitrogens is 2. The van der Waals surface area contributed by atoms with Crippen LogP contribution >= 0.6 is 23.5 Å². The van der Waals surface area contributed by atoms with Crippen molar-refractivity contribution in [1.82, 2.24) is 25.5 Å². The summed E-state index contributed by atoms with van der Waals surface area (Å²) in [6, 6.07) is 23.9. The number of carbonyl (C=O) groups excluding carboxylic acids is 4. The van der Waals surface area contributed by atoms with Crippen molar-refractivity contribution in [3.8, 4) is 28.3 Å². The fraction of sp³-hybridized carbons (Fsp3) is 0.393. The Morgan fingerprint density at radius 2 is 1.21 bits per heavy atom. The Morgan fingerprint density at radius 3 is 1.71 bits per heavy atom. The van der Waals surface area contributed by atoms with Gasteiger partial charge in [-0.2, -0.15) is 4.98 Å². The van der Waals surface area contributed by atoms with Gasteiger partial charge in [0.1, 0.15) is 11.6 Å². The number of aryl methyl sites for hydroxylation is 1. The van der Waals surface area contributed by atoms with Crippen LogP contribution in [0.3, 0.4) is 0 Å². The minimum Gasteiger partial charge on any atom is -0.465 e. The number of carbonyl (C=O) groups is 4. The monoisotopic (exact) mass is 1020 g/mol. The van der Waals surface area contributed by atoms with Crippen molar-refractivity contribution in [2.24, 2.45) is 16.8 Å². The van der Waals surface area contributed by atoms with Gasteiger partial charge in [-0.3, -0.25) is 23.7 Å². The zero-order valence-corrected chi connectivity index (χ0v) is 44.0. The van der Waals surface area contributed by atoms with Crippen LogP contribution in [0.15, 0.2) is 102 Å². The van der Waals surface area contributed by atoms with E-state index in [1.807, 2.05) is 55.4 Å². The molecule has 16 heteroatoms. The van der Waals surface area contributed by atoms with E-state index in [9.17, 15) is 19.2 Å². The number of hydrogen-bond acceptors (Lipinski definition) is 11. The summed E-state index contributed by atoms with van der Waals surface area (Å²) in [6.45, 7) is 16.2. The molecule has 4 aliphatic heterocycles. The topological polar surface area (TPSA) is 153 Å². The summed E-state index contributed by atoms with van der Waals surface area (Å²) >= 11 is 1.87. The summed E-state index contributed by atoms with van der Waals surface area (Å²) in [7, 11) is 0. The molecule has 3 N–H and O–H groups in total. The molecule has 2 amide bonds. The van der Waals surface area contributed by atoms with Gasteiger partial charge in [-0.05, 0) is 104 Å². The second-order valence-electron chi connectivity index (χ2n) is 18.1. The zero-order valence-electron chi connectivity index (χ0n) is 42.4. The molecule has 4 aromatic carbocycles. The zero-order chi connectivity index (χ0) is 51.9. The van der Waals surface area contributed by atoms with Crippen LogP contribution in [0.4, 0.5) is 8.78 Å². The molecule has 0 saturated carbocycles. The number of ether oxygens (including phenoxy) is 2. The third-order valence-electron chi connectivity index (χ3n) is 11.9. The molecule has 2 atom stereocenters. The van der Waals surface area contributed by atoms with Gasteiger partial charge in [-0.25, -0.2) is 13.8 Å². The van der Waals surface area contributed by atoms with Gasteiger partial charge < -0.3 is 25.4 Å². The van der Waals surface area contributed by atoms with Gasteiger partial charge in [0.2, 0.25) is 22.0 Å². The van der Waals surface area contributed by atoms with Crippen LogP contribution in [0.25, 0.3) is 22.3 Å². The average Bonchev–Trinajstić information content (AvgIpc) is 3.69. The molecule has 72 heavy (non-hydrogen) atoms. The molecule has 0 radical (unpaired) electrons. The molecule has 4 aliphatic rings. The maximum absolute atomic E-state index is 16.5. The number of amidine groups is 1. The number of aliphatic imine (C=N–C) groups is 1. The molecule has 4 bridgehead atoms. The summed E-state index contributed by atoms with van der Waals surface area (Å²) in [5, 5.41) is 7.06. The van der Waals surface area contributed by atoms with Crippen LogP contribution in [0.5, 0.6) is 6.01 Å². The first-order valence-electron chi connectivity index (χ1n) is 24.7. The molecule has 5 heterocycles. The Labute approximate surface area is 430 Å². The maximum atomic E-state index is 16.5. The van der Waals surface area contributed by atoms with Gasteiger partial charge in [0.05, 0.1) is 54.7 Å². The first kappa shape index (κ1) is 55.1. The number of halogens is 2. The van der Waals surface area contributed by atoms with Crippen molar-refractivity contribution in [3.63, 3.8) is 0 Å². The smallest absolute Gasteiger partial charge is 0.297 e.